The summed E-state index contributed by atoms with van der Waals surface area (Å²) in [6.45, 7) is 4.81. The number of terminal acetylenes is 1. The average molecular weight is 189 g/mol. The van der Waals surface area contributed by atoms with Gasteiger partial charge in [-0.25, -0.2) is 9.97 Å². The molecule has 1 aromatic rings. The molecule has 0 aliphatic heterocycles. The fourth-order valence-corrected chi connectivity index (χ4v) is 1.31. The summed E-state index contributed by atoms with van der Waals surface area (Å²) in [5.74, 6) is 3.43. The van der Waals surface area contributed by atoms with Crippen molar-refractivity contribution in [2.45, 2.75) is 26.3 Å². The van der Waals surface area contributed by atoms with Crippen molar-refractivity contribution in [1.82, 2.24) is 15.3 Å². The van der Waals surface area contributed by atoms with E-state index in [0.29, 0.717) is 6.42 Å². The zero-order valence-corrected chi connectivity index (χ0v) is 8.62. The molecule has 1 unspecified atom stereocenters. The molecule has 1 N–H and O–H groups in total. The summed E-state index contributed by atoms with van der Waals surface area (Å²) in [5.41, 5.74) is 0.970. The van der Waals surface area contributed by atoms with Crippen LogP contribution in [0.1, 0.15) is 30.9 Å². The SMILES string of the molecule is C#CCC(NCC)c1ccnc(C)n1. The van der Waals surface area contributed by atoms with Gasteiger partial charge in [-0.05, 0) is 19.5 Å². The lowest BCUT2D eigenvalue weighted by molar-refractivity contribution is 0.548. The highest BCUT2D eigenvalue weighted by Crippen LogP contribution is 2.12. The minimum atomic E-state index is 0.145. The molecule has 1 heterocycles. The third-order valence-corrected chi connectivity index (χ3v) is 1.93. The van der Waals surface area contributed by atoms with Gasteiger partial charge < -0.3 is 5.32 Å². The molecule has 0 amide bonds. The Bertz CT molecular complexity index is 328. The quantitative estimate of drug-likeness (QED) is 0.729. The van der Waals surface area contributed by atoms with Crippen molar-refractivity contribution in [3.8, 4) is 12.3 Å². The van der Waals surface area contributed by atoms with Gasteiger partial charge in [-0.2, -0.15) is 0 Å². The summed E-state index contributed by atoms with van der Waals surface area (Å²) < 4.78 is 0. The van der Waals surface area contributed by atoms with E-state index in [0.717, 1.165) is 18.1 Å². The summed E-state index contributed by atoms with van der Waals surface area (Å²) in [6, 6.07) is 2.05. The lowest BCUT2D eigenvalue weighted by Gasteiger charge is -2.14. The Labute approximate surface area is 85.0 Å². The predicted octanol–water partition coefficient (Wildman–Crippen LogP) is 1.46. The largest absolute Gasteiger partial charge is 0.308 e. The Morgan fingerprint density at radius 1 is 1.64 bits per heavy atom. The van der Waals surface area contributed by atoms with E-state index in [9.17, 15) is 0 Å². The first-order valence-electron chi connectivity index (χ1n) is 4.74. The minimum Gasteiger partial charge on any atom is -0.308 e. The van der Waals surface area contributed by atoms with Crippen LogP contribution in [0.5, 0.6) is 0 Å². The summed E-state index contributed by atoms with van der Waals surface area (Å²) in [4.78, 5) is 8.39. The number of rotatable bonds is 4. The fourth-order valence-electron chi connectivity index (χ4n) is 1.31. The third kappa shape index (κ3) is 2.82. The van der Waals surface area contributed by atoms with Gasteiger partial charge in [0.2, 0.25) is 0 Å². The Hall–Kier alpha value is -1.40. The molecular weight excluding hydrogens is 174 g/mol. The Kier molecular flexibility index (Phi) is 4.09. The molecule has 3 nitrogen and oxygen atoms in total. The highest BCUT2D eigenvalue weighted by atomic mass is 15.0. The first kappa shape index (κ1) is 10.7. The molecule has 0 aliphatic carbocycles. The van der Waals surface area contributed by atoms with Crippen molar-refractivity contribution in [1.29, 1.82) is 0 Å². The van der Waals surface area contributed by atoms with E-state index in [1.807, 2.05) is 13.0 Å². The van der Waals surface area contributed by atoms with Gasteiger partial charge in [-0.3, -0.25) is 0 Å². The number of hydrogen-bond acceptors (Lipinski definition) is 3. The van der Waals surface area contributed by atoms with E-state index in [1.165, 1.54) is 0 Å². The third-order valence-electron chi connectivity index (χ3n) is 1.93. The Morgan fingerprint density at radius 2 is 2.43 bits per heavy atom. The molecule has 0 radical (unpaired) electrons. The number of aryl methyl sites for hydroxylation is 1. The summed E-state index contributed by atoms with van der Waals surface area (Å²) in [7, 11) is 0. The molecule has 0 saturated carbocycles. The highest BCUT2D eigenvalue weighted by molar-refractivity contribution is 5.10. The van der Waals surface area contributed by atoms with Crippen LogP contribution in [-0.2, 0) is 0 Å². The molecule has 1 atom stereocenters. The monoisotopic (exact) mass is 189 g/mol. The second-order valence-electron chi connectivity index (χ2n) is 3.05. The Morgan fingerprint density at radius 3 is 3.00 bits per heavy atom. The van der Waals surface area contributed by atoms with Crippen LogP contribution in [0, 0.1) is 19.3 Å². The van der Waals surface area contributed by atoms with Crippen LogP contribution in [0.4, 0.5) is 0 Å². The summed E-state index contributed by atoms with van der Waals surface area (Å²) in [5, 5.41) is 3.29. The maximum Gasteiger partial charge on any atom is 0.125 e. The van der Waals surface area contributed by atoms with Gasteiger partial charge in [0.1, 0.15) is 5.82 Å². The van der Waals surface area contributed by atoms with Crippen LogP contribution < -0.4 is 5.32 Å². The smallest absolute Gasteiger partial charge is 0.125 e. The van der Waals surface area contributed by atoms with Gasteiger partial charge in [-0.1, -0.05) is 6.92 Å². The van der Waals surface area contributed by atoms with Crippen molar-refractivity contribution in [3.05, 3.63) is 23.8 Å². The van der Waals surface area contributed by atoms with Crippen LogP contribution in [0.15, 0.2) is 12.3 Å². The van der Waals surface area contributed by atoms with Crippen molar-refractivity contribution in [2.24, 2.45) is 0 Å². The molecule has 1 rings (SSSR count). The van der Waals surface area contributed by atoms with Gasteiger partial charge in [0, 0.05) is 12.6 Å². The van der Waals surface area contributed by atoms with Gasteiger partial charge >= 0.3 is 0 Å². The number of hydrogen-bond donors (Lipinski definition) is 1. The number of nitrogens with one attached hydrogen (secondary N) is 1. The van der Waals surface area contributed by atoms with Gasteiger partial charge in [0.15, 0.2) is 0 Å². The maximum absolute atomic E-state index is 5.30. The average Bonchev–Trinajstić information content (AvgIpc) is 2.17. The molecule has 0 fully saturated rings. The zero-order valence-electron chi connectivity index (χ0n) is 8.62. The number of nitrogens with zero attached hydrogens (tertiary/aromatic N) is 2. The number of aromatic nitrogens is 2. The molecule has 0 aliphatic rings. The van der Waals surface area contributed by atoms with Crippen LogP contribution >= 0.6 is 0 Å². The molecule has 3 heteroatoms. The summed E-state index contributed by atoms with van der Waals surface area (Å²) in [6.07, 6.45) is 7.72. The second kappa shape index (κ2) is 5.36. The molecule has 0 bridgehead atoms. The van der Waals surface area contributed by atoms with Crippen molar-refractivity contribution in [3.63, 3.8) is 0 Å². The Balaban J connectivity index is 2.82. The van der Waals surface area contributed by atoms with E-state index in [-0.39, 0.29) is 6.04 Å². The molecule has 1 aromatic heterocycles. The molecule has 74 valence electrons. The van der Waals surface area contributed by atoms with Gasteiger partial charge in [-0.15, -0.1) is 12.3 Å². The lowest BCUT2D eigenvalue weighted by Crippen LogP contribution is -2.21. The lowest BCUT2D eigenvalue weighted by atomic mass is 10.1. The first-order valence-corrected chi connectivity index (χ1v) is 4.74. The molecule has 14 heavy (non-hydrogen) atoms. The molecular formula is C11H15N3. The van der Waals surface area contributed by atoms with Crippen LogP contribution in [0.2, 0.25) is 0 Å². The van der Waals surface area contributed by atoms with Gasteiger partial charge in [0.25, 0.3) is 0 Å². The minimum absolute atomic E-state index is 0.145. The topological polar surface area (TPSA) is 37.8 Å². The van der Waals surface area contributed by atoms with Crippen LogP contribution in [0.3, 0.4) is 0 Å². The van der Waals surface area contributed by atoms with E-state index in [4.69, 9.17) is 6.42 Å². The van der Waals surface area contributed by atoms with Crippen molar-refractivity contribution in [2.75, 3.05) is 6.54 Å². The zero-order chi connectivity index (χ0) is 10.4. The standard InChI is InChI=1S/C11H15N3/c1-4-6-10(12-5-2)11-7-8-13-9(3)14-11/h1,7-8,10,12H,5-6H2,2-3H3. The fraction of sp³-hybridized carbons (Fsp3) is 0.455. The van der Waals surface area contributed by atoms with E-state index in [1.54, 1.807) is 6.20 Å². The predicted molar refractivity (Wildman–Crippen MR) is 56.6 cm³/mol. The molecule has 0 spiro atoms. The van der Waals surface area contributed by atoms with E-state index >= 15 is 0 Å². The first-order chi connectivity index (χ1) is 6.77. The molecule has 0 aromatic carbocycles. The maximum atomic E-state index is 5.30. The van der Waals surface area contributed by atoms with Crippen molar-refractivity contribution >= 4 is 0 Å². The van der Waals surface area contributed by atoms with E-state index < -0.39 is 0 Å². The van der Waals surface area contributed by atoms with Crippen LogP contribution in [0.25, 0.3) is 0 Å². The molecule has 0 saturated heterocycles. The van der Waals surface area contributed by atoms with Gasteiger partial charge in [0.05, 0.1) is 11.7 Å². The second-order valence-corrected chi connectivity index (χ2v) is 3.05. The van der Waals surface area contributed by atoms with Crippen molar-refractivity contribution < 1.29 is 0 Å². The van der Waals surface area contributed by atoms with Crippen LogP contribution in [-0.4, -0.2) is 16.5 Å². The normalized spacial score (nSPS) is 12.1. The highest BCUT2D eigenvalue weighted by Gasteiger charge is 2.09. The van der Waals surface area contributed by atoms with E-state index in [2.05, 4.69) is 28.1 Å². The summed E-state index contributed by atoms with van der Waals surface area (Å²) >= 11 is 0.